The molecular weight excluding hydrogens is 319 g/mol. The maximum Gasteiger partial charge on any atom is 0.173 e. The number of halogens is 1. The molecule has 0 amide bonds. The van der Waals surface area contributed by atoms with Crippen molar-refractivity contribution in [3.8, 4) is 0 Å². The number of benzene rings is 3. The van der Waals surface area contributed by atoms with E-state index in [0.717, 1.165) is 0 Å². The van der Waals surface area contributed by atoms with E-state index in [9.17, 15) is 4.39 Å². The van der Waals surface area contributed by atoms with E-state index in [1.807, 2.05) is 30.1 Å². The van der Waals surface area contributed by atoms with Crippen molar-refractivity contribution in [3.05, 3.63) is 77.6 Å². The van der Waals surface area contributed by atoms with E-state index in [-0.39, 0.29) is 5.82 Å². The first-order valence-corrected chi connectivity index (χ1v) is 8.20. The molecule has 24 heavy (non-hydrogen) atoms. The van der Waals surface area contributed by atoms with Gasteiger partial charge in [-0.1, -0.05) is 42.5 Å². The molecule has 0 fully saturated rings. The summed E-state index contributed by atoms with van der Waals surface area (Å²) in [5, 5.41) is 6.08. The Balaban J connectivity index is 1.69. The van der Waals surface area contributed by atoms with Crippen LogP contribution in [0.15, 0.2) is 60.7 Å². The molecule has 0 aliphatic carbocycles. The quantitative estimate of drug-likeness (QED) is 0.668. The Kier molecular flexibility index (Phi) is 4.76. The minimum atomic E-state index is -0.236. The average molecular weight is 338 g/mol. The fourth-order valence-electron chi connectivity index (χ4n) is 2.57. The van der Waals surface area contributed by atoms with Gasteiger partial charge in [-0.05, 0) is 59.2 Å². The third-order valence-corrected chi connectivity index (χ3v) is 4.42. The summed E-state index contributed by atoms with van der Waals surface area (Å²) in [5.41, 5.74) is 2.46. The van der Waals surface area contributed by atoms with Crippen molar-refractivity contribution in [2.45, 2.75) is 13.5 Å². The molecular formula is C20H19FN2S. The van der Waals surface area contributed by atoms with E-state index >= 15 is 0 Å². The van der Waals surface area contributed by atoms with Gasteiger partial charge in [-0.3, -0.25) is 0 Å². The fraction of sp³-hybridized carbons (Fsp3) is 0.150. The number of anilines is 1. The van der Waals surface area contributed by atoms with Crippen molar-refractivity contribution in [2.24, 2.45) is 0 Å². The Morgan fingerprint density at radius 3 is 2.54 bits per heavy atom. The van der Waals surface area contributed by atoms with E-state index in [1.54, 1.807) is 13.0 Å². The number of hydrogen-bond acceptors (Lipinski definition) is 1. The van der Waals surface area contributed by atoms with Crippen LogP contribution in [0.1, 0.15) is 11.1 Å². The Morgan fingerprint density at radius 2 is 1.79 bits per heavy atom. The van der Waals surface area contributed by atoms with Gasteiger partial charge in [0.2, 0.25) is 0 Å². The molecule has 0 saturated carbocycles. The Bertz CT molecular complexity index is 892. The Morgan fingerprint density at radius 1 is 1.04 bits per heavy atom. The van der Waals surface area contributed by atoms with Crippen LogP contribution in [0.25, 0.3) is 10.8 Å². The molecule has 0 radical (unpaired) electrons. The van der Waals surface area contributed by atoms with Gasteiger partial charge in [0.25, 0.3) is 0 Å². The number of nitrogens with one attached hydrogen (secondary N) is 1. The number of hydrogen-bond donors (Lipinski definition) is 1. The first-order chi connectivity index (χ1) is 11.5. The largest absolute Gasteiger partial charge is 0.348 e. The van der Waals surface area contributed by atoms with Gasteiger partial charge in [0, 0.05) is 19.3 Å². The van der Waals surface area contributed by atoms with Crippen LogP contribution in [0.2, 0.25) is 0 Å². The topological polar surface area (TPSA) is 15.3 Å². The summed E-state index contributed by atoms with van der Waals surface area (Å²) in [6.45, 7) is 2.42. The van der Waals surface area contributed by atoms with Crippen LogP contribution < -0.4 is 5.32 Å². The van der Waals surface area contributed by atoms with Crippen molar-refractivity contribution in [1.82, 2.24) is 4.90 Å². The molecule has 0 bridgehead atoms. The summed E-state index contributed by atoms with van der Waals surface area (Å²) >= 11 is 5.42. The minimum Gasteiger partial charge on any atom is -0.348 e. The smallest absolute Gasteiger partial charge is 0.173 e. The molecule has 0 aromatic heterocycles. The first-order valence-electron chi connectivity index (χ1n) is 7.79. The maximum absolute atomic E-state index is 13.6. The van der Waals surface area contributed by atoms with Gasteiger partial charge in [-0.2, -0.15) is 0 Å². The molecule has 3 aromatic carbocycles. The molecule has 0 saturated heterocycles. The molecule has 3 rings (SSSR count). The minimum absolute atomic E-state index is 0.236. The van der Waals surface area contributed by atoms with Crippen LogP contribution in [0.3, 0.4) is 0 Å². The number of nitrogens with zero attached hydrogens (tertiary/aromatic N) is 1. The van der Waals surface area contributed by atoms with Crippen LogP contribution in [0.5, 0.6) is 0 Å². The lowest BCUT2D eigenvalue weighted by Crippen LogP contribution is -2.30. The zero-order chi connectivity index (χ0) is 17.1. The molecule has 0 spiro atoms. The van der Waals surface area contributed by atoms with E-state index in [0.29, 0.717) is 22.9 Å². The second-order valence-electron chi connectivity index (χ2n) is 5.93. The molecule has 0 aliphatic heterocycles. The molecule has 4 heteroatoms. The summed E-state index contributed by atoms with van der Waals surface area (Å²) in [6.07, 6.45) is 0. The van der Waals surface area contributed by atoms with E-state index in [4.69, 9.17) is 12.2 Å². The van der Waals surface area contributed by atoms with Crippen LogP contribution in [0.4, 0.5) is 10.1 Å². The number of thiocarbonyl (C=S) groups is 1. The molecule has 0 atom stereocenters. The molecule has 0 unspecified atom stereocenters. The molecule has 1 N–H and O–H groups in total. The Labute approximate surface area is 146 Å². The van der Waals surface area contributed by atoms with Gasteiger partial charge in [0.1, 0.15) is 5.82 Å². The standard InChI is InChI=1S/C20H19FN2S/c1-14-7-10-18(12-19(14)21)22-20(24)23(2)13-15-8-9-16-5-3-4-6-17(16)11-15/h3-12H,13H2,1-2H3,(H,22,24). The SMILES string of the molecule is Cc1ccc(NC(=S)N(C)Cc2ccc3ccccc3c2)cc1F. The van der Waals surface area contributed by atoms with E-state index < -0.39 is 0 Å². The van der Waals surface area contributed by atoms with Crippen LogP contribution in [-0.4, -0.2) is 17.1 Å². The first kappa shape index (κ1) is 16.4. The normalized spacial score (nSPS) is 10.6. The average Bonchev–Trinajstić information content (AvgIpc) is 2.58. The zero-order valence-electron chi connectivity index (χ0n) is 13.7. The number of aryl methyl sites for hydroxylation is 1. The zero-order valence-corrected chi connectivity index (χ0v) is 14.5. The third-order valence-electron chi connectivity index (χ3n) is 4.00. The summed E-state index contributed by atoms with van der Waals surface area (Å²) in [7, 11) is 1.93. The number of fused-ring (bicyclic) bond motifs is 1. The predicted molar refractivity (Wildman–Crippen MR) is 103 cm³/mol. The summed E-state index contributed by atoms with van der Waals surface area (Å²) in [4.78, 5) is 1.94. The second-order valence-corrected chi connectivity index (χ2v) is 6.32. The molecule has 3 aromatic rings. The van der Waals surface area contributed by atoms with Crippen molar-refractivity contribution in [3.63, 3.8) is 0 Å². The highest BCUT2D eigenvalue weighted by molar-refractivity contribution is 7.80. The van der Waals surface area contributed by atoms with Crippen LogP contribution in [-0.2, 0) is 6.54 Å². The van der Waals surface area contributed by atoms with Gasteiger partial charge < -0.3 is 10.2 Å². The van der Waals surface area contributed by atoms with E-state index in [2.05, 4.69) is 35.6 Å². The lowest BCUT2D eigenvalue weighted by molar-refractivity contribution is 0.509. The van der Waals surface area contributed by atoms with Gasteiger partial charge in [0.05, 0.1) is 0 Å². The highest BCUT2D eigenvalue weighted by Crippen LogP contribution is 2.18. The summed E-state index contributed by atoms with van der Waals surface area (Å²) < 4.78 is 13.6. The van der Waals surface area contributed by atoms with Gasteiger partial charge >= 0.3 is 0 Å². The lowest BCUT2D eigenvalue weighted by Gasteiger charge is -2.21. The van der Waals surface area contributed by atoms with Crippen LogP contribution in [0, 0.1) is 12.7 Å². The van der Waals surface area contributed by atoms with Gasteiger partial charge in [0.15, 0.2) is 5.11 Å². The third kappa shape index (κ3) is 3.71. The van der Waals surface area contributed by atoms with Crippen molar-refractivity contribution in [2.75, 3.05) is 12.4 Å². The van der Waals surface area contributed by atoms with Gasteiger partial charge in [-0.25, -0.2) is 4.39 Å². The summed E-state index contributed by atoms with van der Waals surface area (Å²) in [5.74, 6) is -0.236. The van der Waals surface area contributed by atoms with Gasteiger partial charge in [-0.15, -0.1) is 0 Å². The van der Waals surface area contributed by atoms with Crippen molar-refractivity contribution < 1.29 is 4.39 Å². The number of rotatable bonds is 3. The fourth-order valence-corrected chi connectivity index (χ4v) is 2.75. The van der Waals surface area contributed by atoms with E-state index in [1.165, 1.54) is 22.4 Å². The maximum atomic E-state index is 13.6. The van der Waals surface area contributed by atoms with Crippen molar-refractivity contribution >= 4 is 33.8 Å². The molecule has 0 aliphatic rings. The highest BCUT2D eigenvalue weighted by Gasteiger charge is 2.07. The highest BCUT2D eigenvalue weighted by atomic mass is 32.1. The second kappa shape index (κ2) is 6.97. The predicted octanol–water partition coefficient (Wildman–Crippen LogP) is 5.12. The summed E-state index contributed by atoms with van der Waals surface area (Å²) in [6, 6.07) is 19.7. The lowest BCUT2D eigenvalue weighted by atomic mass is 10.1. The Hall–Kier alpha value is -2.46. The monoisotopic (exact) mass is 338 g/mol. The van der Waals surface area contributed by atoms with Crippen molar-refractivity contribution in [1.29, 1.82) is 0 Å². The van der Waals surface area contributed by atoms with Crippen LogP contribution >= 0.6 is 12.2 Å². The molecule has 2 nitrogen and oxygen atoms in total. The molecule has 0 heterocycles. The molecule has 122 valence electrons.